The molecular formula is C12H19N3O2. The molecule has 0 unspecified atom stereocenters. The molecule has 2 heterocycles. The van der Waals surface area contributed by atoms with Gasteiger partial charge in [-0.1, -0.05) is 0 Å². The van der Waals surface area contributed by atoms with E-state index in [0.29, 0.717) is 18.3 Å². The van der Waals surface area contributed by atoms with Gasteiger partial charge in [0.25, 0.3) is 0 Å². The Labute approximate surface area is 101 Å². The van der Waals surface area contributed by atoms with E-state index in [4.69, 9.17) is 4.74 Å². The largest absolute Gasteiger partial charge is 0.478 e. The van der Waals surface area contributed by atoms with Gasteiger partial charge in [-0.25, -0.2) is 4.98 Å². The molecule has 1 saturated heterocycles. The molecule has 0 bridgehead atoms. The summed E-state index contributed by atoms with van der Waals surface area (Å²) in [6.45, 7) is 5.50. The van der Waals surface area contributed by atoms with Crippen LogP contribution >= 0.6 is 0 Å². The van der Waals surface area contributed by atoms with E-state index < -0.39 is 0 Å². The summed E-state index contributed by atoms with van der Waals surface area (Å²) in [5.74, 6) is 2.17. The maximum atomic E-state index is 9.32. The average molecular weight is 237 g/mol. The summed E-state index contributed by atoms with van der Waals surface area (Å²) < 4.78 is 5.42. The normalized spacial score (nSPS) is 19.7. The minimum absolute atomic E-state index is 0.174. The molecule has 2 rings (SSSR count). The Morgan fingerprint density at radius 1 is 1.53 bits per heavy atom. The van der Waals surface area contributed by atoms with Crippen molar-refractivity contribution in [1.82, 2.24) is 9.97 Å². The Kier molecular flexibility index (Phi) is 3.78. The minimum atomic E-state index is 0.174. The van der Waals surface area contributed by atoms with E-state index in [0.717, 1.165) is 25.2 Å². The Hall–Kier alpha value is -1.36. The Balaban J connectivity index is 2.24. The topological polar surface area (TPSA) is 58.5 Å². The highest BCUT2D eigenvalue weighted by Crippen LogP contribution is 2.25. The van der Waals surface area contributed by atoms with E-state index in [1.165, 1.54) is 0 Å². The molecular weight excluding hydrogens is 218 g/mol. The summed E-state index contributed by atoms with van der Waals surface area (Å²) in [5.41, 5.74) is 0. The van der Waals surface area contributed by atoms with Crippen LogP contribution in [0.5, 0.6) is 5.88 Å². The van der Waals surface area contributed by atoms with Crippen molar-refractivity contribution in [2.45, 2.75) is 32.7 Å². The van der Waals surface area contributed by atoms with Crippen molar-refractivity contribution in [1.29, 1.82) is 0 Å². The number of aromatic nitrogens is 2. The number of aliphatic hydroxyl groups excluding tert-OH is 1. The zero-order valence-electron chi connectivity index (χ0n) is 10.4. The van der Waals surface area contributed by atoms with Gasteiger partial charge < -0.3 is 14.7 Å². The Morgan fingerprint density at radius 2 is 2.35 bits per heavy atom. The predicted octanol–water partition coefficient (Wildman–Crippen LogP) is 1.14. The van der Waals surface area contributed by atoms with E-state index in [9.17, 15) is 5.11 Å². The monoisotopic (exact) mass is 237 g/mol. The quantitative estimate of drug-likeness (QED) is 0.851. The lowest BCUT2D eigenvalue weighted by Crippen LogP contribution is -2.32. The highest BCUT2D eigenvalue weighted by molar-refractivity contribution is 5.44. The molecule has 0 radical (unpaired) electrons. The minimum Gasteiger partial charge on any atom is -0.478 e. The first kappa shape index (κ1) is 12.1. The Morgan fingerprint density at radius 3 is 3.06 bits per heavy atom. The van der Waals surface area contributed by atoms with E-state index in [-0.39, 0.29) is 12.6 Å². The Bertz CT molecular complexity index is 384. The zero-order chi connectivity index (χ0) is 12.3. The second-order valence-electron chi connectivity index (χ2n) is 4.22. The lowest BCUT2D eigenvalue weighted by molar-refractivity contribution is 0.265. The van der Waals surface area contributed by atoms with Gasteiger partial charge in [0, 0.05) is 12.6 Å². The molecule has 1 aromatic heterocycles. The summed E-state index contributed by atoms with van der Waals surface area (Å²) in [5, 5.41) is 9.32. The first-order valence-electron chi connectivity index (χ1n) is 6.10. The number of ether oxygens (including phenoxy) is 1. The van der Waals surface area contributed by atoms with Crippen molar-refractivity contribution in [2.75, 3.05) is 24.7 Å². The molecule has 0 saturated carbocycles. The molecule has 94 valence electrons. The summed E-state index contributed by atoms with van der Waals surface area (Å²) in [4.78, 5) is 10.8. The molecule has 1 aliphatic rings. The zero-order valence-corrected chi connectivity index (χ0v) is 10.4. The number of hydrogen-bond acceptors (Lipinski definition) is 5. The van der Waals surface area contributed by atoms with Crippen LogP contribution in [-0.2, 0) is 0 Å². The third-order valence-electron chi connectivity index (χ3n) is 2.98. The van der Waals surface area contributed by atoms with Gasteiger partial charge in [-0.3, -0.25) is 0 Å². The second kappa shape index (κ2) is 5.31. The second-order valence-corrected chi connectivity index (χ2v) is 4.22. The maximum absolute atomic E-state index is 9.32. The number of aliphatic hydroxyl groups is 1. The number of rotatable bonds is 4. The maximum Gasteiger partial charge on any atom is 0.218 e. The van der Waals surface area contributed by atoms with Crippen LogP contribution in [0, 0.1) is 6.92 Å². The number of aryl methyl sites for hydroxylation is 1. The van der Waals surface area contributed by atoms with Crippen LogP contribution < -0.4 is 9.64 Å². The van der Waals surface area contributed by atoms with Gasteiger partial charge in [-0.05, 0) is 26.7 Å². The van der Waals surface area contributed by atoms with Crippen LogP contribution in [0.2, 0.25) is 0 Å². The molecule has 0 spiro atoms. The van der Waals surface area contributed by atoms with Crippen molar-refractivity contribution in [3.63, 3.8) is 0 Å². The van der Waals surface area contributed by atoms with Gasteiger partial charge in [0.1, 0.15) is 11.6 Å². The summed E-state index contributed by atoms with van der Waals surface area (Å²) >= 11 is 0. The fourth-order valence-electron chi connectivity index (χ4n) is 2.22. The lowest BCUT2D eigenvalue weighted by atomic mass is 10.2. The van der Waals surface area contributed by atoms with Crippen molar-refractivity contribution in [3.8, 4) is 5.88 Å². The van der Waals surface area contributed by atoms with Crippen LogP contribution in [0.15, 0.2) is 6.07 Å². The van der Waals surface area contributed by atoms with Crippen LogP contribution in [0.25, 0.3) is 0 Å². The van der Waals surface area contributed by atoms with Crippen molar-refractivity contribution in [2.24, 2.45) is 0 Å². The molecule has 1 fully saturated rings. The van der Waals surface area contributed by atoms with Crippen LogP contribution in [0.3, 0.4) is 0 Å². The summed E-state index contributed by atoms with van der Waals surface area (Å²) in [6.07, 6.45) is 2.11. The van der Waals surface area contributed by atoms with Crippen molar-refractivity contribution >= 4 is 5.82 Å². The van der Waals surface area contributed by atoms with Gasteiger partial charge >= 0.3 is 0 Å². The molecule has 0 aromatic carbocycles. The van der Waals surface area contributed by atoms with Crippen molar-refractivity contribution < 1.29 is 9.84 Å². The molecule has 17 heavy (non-hydrogen) atoms. The van der Waals surface area contributed by atoms with E-state index >= 15 is 0 Å². The molecule has 0 aliphatic carbocycles. The molecule has 5 heteroatoms. The van der Waals surface area contributed by atoms with Gasteiger partial charge in [-0.2, -0.15) is 4.98 Å². The standard InChI is InChI=1S/C12H19N3O2/c1-3-17-12-7-11(13-9(2)14-12)15-6-4-5-10(15)8-16/h7,10,16H,3-6,8H2,1-2H3/t10-/m0/s1. The summed E-state index contributed by atoms with van der Waals surface area (Å²) in [6, 6.07) is 2.03. The predicted molar refractivity (Wildman–Crippen MR) is 65.4 cm³/mol. The van der Waals surface area contributed by atoms with Crippen molar-refractivity contribution in [3.05, 3.63) is 11.9 Å². The molecule has 1 N–H and O–H groups in total. The first-order valence-corrected chi connectivity index (χ1v) is 6.10. The van der Waals surface area contributed by atoms with Crippen LogP contribution in [0.4, 0.5) is 5.82 Å². The van der Waals surface area contributed by atoms with Gasteiger partial charge in [0.05, 0.1) is 19.3 Å². The summed E-state index contributed by atoms with van der Waals surface area (Å²) in [7, 11) is 0. The first-order chi connectivity index (χ1) is 8.24. The highest BCUT2D eigenvalue weighted by Gasteiger charge is 2.25. The third-order valence-corrected chi connectivity index (χ3v) is 2.98. The SMILES string of the molecule is CCOc1cc(N2CCC[C@H]2CO)nc(C)n1. The number of nitrogens with zero attached hydrogens (tertiary/aromatic N) is 3. The fourth-order valence-corrected chi connectivity index (χ4v) is 2.22. The number of hydrogen-bond donors (Lipinski definition) is 1. The third kappa shape index (κ3) is 2.66. The molecule has 1 aliphatic heterocycles. The lowest BCUT2D eigenvalue weighted by Gasteiger charge is -2.24. The molecule has 5 nitrogen and oxygen atoms in total. The molecule has 0 amide bonds. The van der Waals surface area contributed by atoms with Gasteiger partial charge in [0.15, 0.2) is 0 Å². The van der Waals surface area contributed by atoms with Crippen LogP contribution in [-0.4, -0.2) is 40.9 Å². The molecule has 1 aromatic rings. The fraction of sp³-hybridized carbons (Fsp3) is 0.667. The number of anilines is 1. The van der Waals surface area contributed by atoms with Gasteiger partial charge in [0.2, 0.25) is 5.88 Å². The van der Waals surface area contributed by atoms with Crippen LogP contribution in [0.1, 0.15) is 25.6 Å². The average Bonchev–Trinajstić information content (AvgIpc) is 2.76. The van der Waals surface area contributed by atoms with E-state index in [2.05, 4.69) is 14.9 Å². The van der Waals surface area contributed by atoms with Gasteiger partial charge in [-0.15, -0.1) is 0 Å². The molecule has 1 atom stereocenters. The highest BCUT2D eigenvalue weighted by atomic mass is 16.5. The smallest absolute Gasteiger partial charge is 0.218 e. The van der Waals surface area contributed by atoms with E-state index in [1.54, 1.807) is 0 Å². The van der Waals surface area contributed by atoms with E-state index in [1.807, 2.05) is 19.9 Å².